The van der Waals surface area contributed by atoms with Gasteiger partial charge in [0.2, 0.25) is 0 Å². The number of aliphatic hydroxyl groups excluding tert-OH is 1. The van der Waals surface area contributed by atoms with Crippen molar-refractivity contribution in [2.45, 2.75) is 44.4 Å². The van der Waals surface area contributed by atoms with Gasteiger partial charge in [-0.2, -0.15) is 0 Å². The highest BCUT2D eigenvalue weighted by molar-refractivity contribution is 5.50. The summed E-state index contributed by atoms with van der Waals surface area (Å²) in [4.78, 5) is 6.43. The van der Waals surface area contributed by atoms with Crippen molar-refractivity contribution in [2.75, 3.05) is 11.9 Å². The highest BCUT2D eigenvalue weighted by Gasteiger charge is 2.27. The zero-order chi connectivity index (χ0) is 12.3. The molecular formula is C13H21N3O. The second-order valence-electron chi connectivity index (χ2n) is 4.70. The van der Waals surface area contributed by atoms with Gasteiger partial charge in [-0.3, -0.25) is 4.98 Å². The fraction of sp³-hybridized carbons (Fsp3) is 0.615. The first-order chi connectivity index (χ1) is 8.24. The molecule has 4 nitrogen and oxygen atoms in total. The largest absolute Gasteiger partial charge is 0.391 e. The van der Waals surface area contributed by atoms with Gasteiger partial charge in [0.1, 0.15) is 0 Å². The molecule has 0 saturated heterocycles. The van der Waals surface area contributed by atoms with Crippen LogP contribution in [-0.2, 0) is 6.54 Å². The Balaban J connectivity index is 2.20. The lowest BCUT2D eigenvalue weighted by Crippen LogP contribution is -2.44. The van der Waals surface area contributed by atoms with Crippen LogP contribution in [0.15, 0.2) is 18.3 Å². The molecule has 1 aromatic heterocycles. The van der Waals surface area contributed by atoms with Crippen molar-refractivity contribution < 1.29 is 5.11 Å². The van der Waals surface area contributed by atoms with Crippen molar-refractivity contribution >= 4 is 5.69 Å². The number of aromatic nitrogens is 1. The number of hydrogen-bond acceptors (Lipinski definition) is 4. The second-order valence-corrected chi connectivity index (χ2v) is 4.70. The van der Waals surface area contributed by atoms with E-state index >= 15 is 0 Å². The zero-order valence-electron chi connectivity index (χ0n) is 10.3. The van der Waals surface area contributed by atoms with Crippen molar-refractivity contribution in [1.82, 2.24) is 4.98 Å². The summed E-state index contributed by atoms with van der Waals surface area (Å²) in [7, 11) is 2.02. The number of nitrogens with two attached hydrogens (primary N) is 1. The van der Waals surface area contributed by atoms with E-state index in [1.165, 1.54) is 6.42 Å². The number of hydrogen-bond donors (Lipinski definition) is 2. The quantitative estimate of drug-likeness (QED) is 0.828. The molecule has 1 aromatic rings. The van der Waals surface area contributed by atoms with Crippen LogP contribution in [-0.4, -0.2) is 29.3 Å². The molecule has 1 saturated carbocycles. The highest BCUT2D eigenvalue weighted by atomic mass is 16.3. The van der Waals surface area contributed by atoms with Crippen LogP contribution in [0.1, 0.15) is 31.4 Å². The molecule has 2 rings (SSSR count). The van der Waals surface area contributed by atoms with Crippen LogP contribution < -0.4 is 10.6 Å². The Labute approximate surface area is 102 Å². The molecule has 0 bridgehead atoms. The first kappa shape index (κ1) is 12.3. The van der Waals surface area contributed by atoms with Gasteiger partial charge in [-0.1, -0.05) is 12.8 Å². The Bertz CT molecular complexity index is 369. The molecule has 1 aliphatic rings. The van der Waals surface area contributed by atoms with Gasteiger partial charge in [0.05, 0.1) is 23.5 Å². The van der Waals surface area contributed by atoms with E-state index in [9.17, 15) is 5.11 Å². The van der Waals surface area contributed by atoms with Crippen molar-refractivity contribution in [3.8, 4) is 0 Å². The first-order valence-corrected chi connectivity index (χ1v) is 6.29. The van der Waals surface area contributed by atoms with E-state index in [0.717, 1.165) is 30.6 Å². The summed E-state index contributed by atoms with van der Waals surface area (Å²) in [5.41, 5.74) is 7.64. The molecule has 2 unspecified atom stereocenters. The first-order valence-electron chi connectivity index (χ1n) is 6.29. The van der Waals surface area contributed by atoms with Crippen molar-refractivity contribution in [3.63, 3.8) is 0 Å². The summed E-state index contributed by atoms with van der Waals surface area (Å²) < 4.78 is 0. The number of anilines is 1. The van der Waals surface area contributed by atoms with E-state index in [-0.39, 0.29) is 12.1 Å². The van der Waals surface area contributed by atoms with Crippen LogP contribution in [0.2, 0.25) is 0 Å². The Morgan fingerprint density at radius 1 is 1.47 bits per heavy atom. The topological polar surface area (TPSA) is 62.4 Å². The van der Waals surface area contributed by atoms with Crippen molar-refractivity contribution in [3.05, 3.63) is 24.0 Å². The van der Waals surface area contributed by atoms with Crippen LogP contribution in [0.5, 0.6) is 0 Å². The van der Waals surface area contributed by atoms with Crippen molar-refractivity contribution in [1.29, 1.82) is 0 Å². The van der Waals surface area contributed by atoms with Gasteiger partial charge in [0.15, 0.2) is 0 Å². The molecule has 17 heavy (non-hydrogen) atoms. The summed E-state index contributed by atoms with van der Waals surface area (Å²) in [6.45, 7) is 0.434. The number of pyridine rings is 1. The summed E-state index contributed by atoms with van der Waals surface area (Å²) in [5.74, 6) is 0. The lowest BCUT2D eigenvalue weighted by molar-refractivity contribution is 0.106. The summed E-state index contributed by atoms with van der Waals surface area (Å²) >= 11 is 0. The van der Waals surface area contributed by atoms with Crippen LogP contribution in [0.3, 0.4) is 0 Å². The highest BCUT2D eigenvalue weighted by Crippen LogP contribution is 2.27. The van der Waals surface area contributed by atoms with E-state index < -0.39 is 0 Å². The SMILES string of the molecule is CN(c1cccnc1CN)C1CCCCC1O. The normalized spacial score (nSPS) is 24.6. The average Bonchev–Trinajstić information content (AvgIpc) is 2.38. The van der Waals surface area contributed by atoms with Gasteiger partial charge in [0, 0.05) is 19.8 Å². The van der Waals surface area contributed by atoms with E-state index in [1.54, 1.807) is 6.20 Å². The molecular weight excluding hydrogens is 214 g/mol. The van der Waals surface area contributed by atoms with E-state index in [2.05, 4.69) is 9.88 Å². The van der Waals surface area contributed by atoms with Crippen LogP contribution in [0, 0.1) is 0 Å². The Morgan fingerprint density at radius 2 is 2.24 bits per heavy atom. The summed E-state index contributed by atoms with van der Waals surface area (Å²) in [6, 6.07) is 4.13. The molecule has 1 heterocycles. The summed E-state index contributed by atoms with van der Waals surface area (Å²) in [5, 5.41) is 10.1. The van der Waals surface area contributed by atoms with Crippen LogP contribution >= 0.6 is 0 Å². The van der Waals surface area contributed by atoms with E-state index in [4.69, 9.17) is 5.73 Å². The zero-order valence-corrected chi connectivity index (χ0v) is 10.3. The molecule has 94 valence electrons. The van der Waals surface area contributed by atoms with Crippen molar-refractivity contribution in [2.24, 2.45) is 5.73 Å². The fourth-order valence-corrected chi connectivity index (χ4v) is 2.63. The molecule has 1 aliphatic carbocycles. The molecule has 3 N–H and O–H groups in total. The van der Waals surface area contributed by atoms with Crippen LogP contribution in [0.4, 0.5) is 5.69 Å². The Morgan fingerprint density at radius 3 is 2.94 bits per heavy atom. The predicted molar refractivity (Wildman–Crippen MR) is 68.8 cm³/mol. The number of rotatable bonds is 3. The van der Waals surface area contributed by atoms with Gasteiger partial charge in [-0.25, -0.2) is 0 Å². The van der Waals surface area contributed by atoms with Gasteiger partial charge >= 0.3 is 0 Å². The number of likely N-dealkylation sites (N-methyl/N-ethyl adjacent to an activating group) is 1. The molecule has 2 atom stereocenters. The van der Waals surface area contributed by atoms with Gasteiger partial charge < -0.3 is 15.7 Å². The maximum Gasteiger partial charge on any atom is 0.0772 e. The fourth-order valence-electron chi connectivity index (χ4n) is 2.63. The summed E-state index contributed by atoms with van der Waals surface area (Å²) in [6.07, 6.45) is 5.77. The van der Waals surface area contributed by atoms with Gasteiger partial charge in [-0.15, -0.1) is 0 Å². The minimum absolute atomic E-state index is 0.193. The lowest BCUT2D eigenvalue weighted by Gasteiger charge is -2.37. The van der Waals surface area contributed by atoms with Gasteiger partial charge in [0.25, 0.3) is 0 Å². The average molecular weight is 235 g/mol. The van der Waals surface area contributed by atoms with Crippen LogP contribution in [0.25, 0.3) is 0 Å². The second kappa shape index (κ2) is 5.47. The smallest absolute Gasteiger partial charge is 0.0772 e. The molecule has 0 radical (unpaired) electrons. The Kier molecular flexibility index (Phi) is 3.97. The lowest BCUT2D eigenvalue weighted by atomic mass is 9.91. The molecule has 0 amide bonds. The monoisotopic (exact) mass is 235 g/mol. The third-order valence-electron chi connectivity index (χ3n) is 3.63. The number of nitrogens with zero attached hydrogens (tertiary/aromatic N) is 2. The van der Waals surface area contributed by atoms with E-state index in [1.807, 2.05) is 19.2 Å². The Hall–Kier alpha value is -1.13. The van der Waals surface area contributed by atoms with Gasteiger partial charge in [-0.05, 0) is 25.0 Å². The molecule has 0 aliphatic heterocycles. The maximum atomic E-state index is 10.1. The molecule has 1 fully saturated rings. The molecule has 4 heteroatoms. The molecule has 0 aromatic carbocycles. The third-order valence-corrected chi connectivity index (χ3v) is 3.63. The minimum Gasteiger partial charge on any atom is -0.391 e. The minimum atomic E-state index is -0.236. The maximum absolute atomic E-state index is 10.1. The number of aliphatic hydroxyl groups is 1. The molecule has 0 spiro atoms. The third kappa shape index (κ3) is 2.58. The van der Waals surface area contributed by atoms with E-state index in [0.29, 0.717) is 6.54 Å². The standard InChI is InChI=1S/C13H21N3O/c1-16(12-5-2-3-7-13(12)17)11-6-4-8-15-10(11)9-14/h4,6,8,12-13,17H,2-3,5,7,9,14H2,1H3. The predicted octanol–water partition coefficient (Wildman–Crippen LogP) is 1.28.